The molecule has 1 aliphatic rings. The average Bonchev–Trinajstić information content (AvgIpc) is 2.50. The minimum Gasteiger partial charge on any atom is -0.490 e. The number of alkyl halides is 2. The lowest BCUT2D eigenvalue weighted by atomic mass is 9.98. The van der Waals surface area contributed by atoms with E-state index in [4.69, 9.17) is 9.84 Å². The van der Waals surface area contributed by atoms with Gasteiger partial charge < -0.3 is 14.6 Å². The molecule has 1 saturated heterocycles. The summed E-state index contributed by atoms with van der Waals surface area (Å²) in [5.41, 5.74) is 0.876. The molecule has 1 fully saturated rings. The highest BCUT2D eigenvalue weighted by Crippen LogP contribution is 2.30. The summed E-state index contributed by atoms with van der Waals surface area (Å²) < 4.78 is 34.6. The van der Waals surface area contributed by atoms with Crippen molar-refractivity contribution in [3.63, 3.8) is 0 Å². The SMILES string of the molecule is CCOc1cc(CN2CCCC(C(=O)O)C2)ccc1OC(F)F. The third-order valence-electron chi connectivity index (χ3n) is 3.78. The van der Waals surface area contributed by atoms with Crippen LogP contribution in [0, 0.1) is 5.92 Å². The highest BCUT2D eigenvalue weighted by Gasteiger charge is 2.25. The Morgan fingerprint density at radius 3 is 2.87 bits per heavy atom. The van der Waals surface area contributed by atoms with Crippen LogP contribution in [0.2, 0.25) is 0 Å². The standard InChI is InChI=1S/C16H21F2NO4/c1-2-22-14-8-11(5-6-13(14)23-16(17)18)9-19-7-3-4-12(10-19)15(20)21/h5-6,8,12,16H,2-4,7,9-10H2,1H3,(H,20,21). The van der Waals surface area contributed by atoms with Crippen molar-refractivity contribution in [2.24, 2.45) is 5.92 Å². The maximum Gasteiger partial charge on any atom is 0.387 e. The number of likely N-dealkylation sites (tertiary alicyclic amines) is 1. The van der Waals surface area contributed by atoms with Crippen LogP contribution in [0.15, 0.2) is 18.2 Å². The number of carboxylic acids is 1. The third kappa shape index (κ3) is 5.06. The molecule has 0 aliphatic carbocycles. The number of piperidine rings is 1. The van der Waals surface area contributed by atoms with Gasteiger partial charge in [-0.3, -0.25) is 9.69 Å². The summed E-state index contributed by atoms with van der Waals surface area (Å²) in [5, 5.41) is 9.12. The van der Waals surface area contributed by atoms with Gasteiger partial charge in [0.15, 0.2) is 11.5 Å². The fraction of sp³-hybridized carbons (Fsp3) is 0.562. The monoisotopic (exact) mass is 329 g/mol. The van der Waals surface area contributed by atoms with Gasteiger partial charge in [-0.25, -0.2) is 0 Å². The van der Waals surface area contributed by atoms with Crippen LogP contribution in [0.4, 0.5) is 8.78 Å². The summed E-state index contributed by atoms with van der Waals surface area (Å²) in [6.07, 6.45) is 1.53. The highest BCUT2D eigenvalue weighted by molar-refractivity contribution is 5.70. The molecule has 128 valence electrons. The van der Waals surface area contributed by atoms with Crippen molar-refractivity contribution in [2.45, 2.75) is 32.9 Å². The Hall–Kier alpha value is -1.89. The molecule has 0 aromatic heterocycles. The summed E-state index contributed by atoms with van der Waals surface area (Å²) in [4.78, 5) is 13.2. The van der Waals surface area contributed by atoms with Crippen LogP contribution in [0.25, 0.3) is 0 Å². The van der Waals surface area contributed by atoms with Gasteiger partial charge in [-0.15, -0.1) is 0 Å². The van der Waals surface area contributed by atoms with Crippen molar-refractivity contribution in [3.8, 4) is 11.5 Å². The maximum atomic E-state index is 12.4. The quantitative estimate of drug-likeness (QED) is 0.833. The molecule has 0 amide bonds. The summed E-state index contributed by atoms with van der Waals surface area (Å²) in [7, 11) is 0. The van der Waals surface area contributed by atoms with Crippen molar-refractivity contribution < 1.29 is 28.2 Å². The van der Waals surface area contributed by atoms with E-state index in [0.29, 0.717) is 26.1 Å². The van der Waals surface area contributed by atoms with Crippen LogP contribution >= 0.6 is 0 Å². The first-order valence-electron chi connectivity index (χ1n) is 7.65. The molecule has 0 spiro atoms. The van der Waals surface area contributed by atoms with Crippen LogP contribution in [0.3, 0.4) is 0 Å². The molecule has 5 nitrogen and oxygen atoms in total. The Bertz CT molecular complexity index is 539. The molecular weight excluding hydrogens is 308 g/mol. The first kappa shape index (κ1) is 17.5. The Morgan fingerprint density at radius 2 is 2.22 bits per heavy atom. The van der Waals surface area contributed by atoms with Gasteiger partial charge in [0.2, 0.25) is 0 Å². The van der Waals surface area contributed by atoms with Crippen LogP contribution in [0.1, 0.15) is 25.3 Å². The molecule has 1 unspecified atom stereocenters. The second kappa shape index (κ2) is 8.10. The number of carbonyl (C=O) groups is 1. The van der Waals surface area contributed by atoms with E-state index in [2.05, 4.69) is 9.64 Å². The zero-order valence-corrected chi connectivity index (χ0v) is 13.0. The number of hydrogen-bond donors (Lipinski definition) is 1. The van der Waals surface area contributed by atoms with E-state index in [1.165, 1.54) is 6.07 Å². The summed E-state index contributed by atoms with van der Waals surface area (Å²) >= 11 is 0. The predicted molar refractivity (Wildman–Crippen MR) is 79.9 cm³/mol. The summed E-state index contributed by atoms with van der Waals surface area (Å²) in [5.74, 6) is -0.841. The van der Waals surface area contributed by atoms with Crippen molar-refractivity contribution in [1.29, 1.82) is 0 Å². The zero-order valence-electron chi connectivity index (χ0n) is 13.0. The van der Waals surface area contributed by atoms with Crippen molar-refractivity contribution in [2.75, 3.05) is 19.7 Å². The van der Waals surface area contributed by atoms with Crippen LogP contribution in [-0.2, 0) is 11.3 Å². The molecule has 0 radical (unpaired) electrons. The fourth-order valence-corrected chi connectivity index (χ4v) is 2.77. The van der Waals surface area contributed by atoms with Crippen LogP contribution < -0.4 is 9.47 Å². The normalized spacial score (nSPS) is 18.9. The molecule has 7 heteroatoms. The Morgan fingerprint density at radius 1 is 1.43 bits per heavy atom. The molecule has 0 saturated carbocycles. The van der Waals surface area contributed by atoms with E-state index in [1.807, 2.05) is 0 Å². The van der Waals surface area contributed by atoms with Crippen molar-refractivity contribution in [3.05, 3.63) is 23.8 Å². The topological polar surface area (TPSA) is 59.0 Å². The van der Waals surface area contributed by atoms with Crippen molar-refractivity contribution in [1.82, 2.24) is 4.90 Å². The number of ether oxygens (including phenoxy) is 2. The van der Waals surface area contributed by atoms with Gasteiger partial charge in [-0.05, 0) is 44.0 Å². The molecule has 1 aromatic carbocycles. The Labute approximate surface area is 133 Å². The van der Waals surface area contributed by atoms with Gasteiger partial charge in [-0.2, -0.15) is 8.78 Å². The molecular formula is C16H21F2NO4. The largest absolute Gasteiger partial charge is 0.490 e. The van der Waals surface area contributed by atoms with Gasteiger partial charge in [-0.1, -0.05) is 6.07 Å². The minimum absolute atomic E-state index is 0.00709. The lowest BCUT2D eigenvalue weighted by molar-refractivity contribution is -0.143. The number of halogens is 2. The second-order valence-corrected chi connectivity index (χ2v) is 5.51. The van der Waals surface area contributed by atoms with Gasteiger partial charge in [0, 0.05) is 13.1 Å². The summed E-state index contributed by atoms with van der Waals surface area (Å²) in [6, 6.07) is 4.83. The molecule has 0 bridgehead atoms. The third-order valence-corrected chi connectivity index (χ3v) is 3.78. The molecule has 1 heterocycles. The van der Waals surface area contributed by atoms with Gasteiger partial charge >= 0.3 is 12.6 Å². The van der Waals surface area contributed by atoms with Crippen molar-refractivity contribution >= 4 is 5.97 Å². The maximum absolute atomic E-state index is 12.4. The smallest absolute Gasteiger partial charge is 0.387 e. The van der Waals surface area contributed by atoms with E-state index in [0.717, 1.165) is 18.5 Å². The second-order valence-electron chi connectivity index (χ2n) is 5.51. The van der Waals surface area contributed by atoms with E-state index < -0.39 is 12.6 Å². The molecule has 1 N–H and O–H groups in total. The first-order chi connectivity index (χ1) is 11.0. The number of benzene rings is 1. The molecule has 1 aromatic rings. The van der Waals surface area contributed by atoms with Crippen LogP contribution in [0.5, 0.6) is 11.5 Å². The number of carboxylic acid groups (broad SMARTS) is 1. The van der Waals surface area contributed by atoms with E-state index in [9.17, 15) is 13.6 Å². The Balaban J connectivity index is 2.07. The fourth-order valence-electron chi connectivity index (χ4n) is 2.77. The van der Waals surface area contributed by atoms with Gasteiger partial charge in [0.1, 0.15) is 0 Å². The van der Waals surface area contributed by atoms with Gasteiger partial charge in [0.05, 0.1) is 12.5 Å². The zero-order chi connectivity index (χ0) is 16.8. The number of nitrogens with zero attached hydrogens (tertiary/aromatic N) is 1. The molecule has 1 aliphatic heterocycles. The number of aliphatic carboxylic acids is 1. The molecule has 2 rings (SSSR count). The Kier molecular flexibility index (Phi) is 6.15. The lowest BCUT2D eigenvalue weighted by Crippen LogP contribution is -2.38. The first-order valence-corrected chi connectivity index (χ1v) is 7.65. The average molecular weight is 329 g/mol. The number of hydrogen-bond acceptors (Lipinski definition) is 4. The van der Waals surface area contributed by atoms with E-state index in [1.54, 1.807) is 19.1 Å². The lowest BCUT2D eigenvalue weighted by Gasteiger charge is -2.30. The molecule has 23 heavy (non-hydrogen) atoms. The van der Waals surface area contributed by atoms with Gasteiger partial charge in [0.25, 0.3) is 0 Å². The predicted octanol–water partition coefficient (Wildman–Crippen LogP) is 2.98. The molecule has 1 atom stereocenters. The minimum atomic E-state index is -2.90. The highest BCUT2D eigenvalue weighted by atomic mass is 19.3. The summed E-state index contributed by atoms with van der Waals surface area (Å²) in [6.45, 7) is 1.07. The van der Waals surface area contributed by atoms with E-state index >= 15 is 0 Å². The van der Waals surface area contributed by atoms with E-state index in [-0.39, 0.29) is 17.4 Å². The number of rotatable bonds is 7. The van der Waals surface area contributed by atoms with Crippen LogP contribution in [-0.4, -0.2) is 42.3 Å².